The molecule has 0 bridgehead atoms. The predicted octanol–water partition coefficient (Wildman–Crippen LogP) is 3.95. The molecule has 2 heteroatoms. The van der Waals surface area contributed by atoms with Crippen molar-refractivity contribution in [2.75, 3.05) is 0 Å². The van der Waals surface area contributed by atoms with E-state index >= 15 is 0 Å². The lowest BCUT2D eigenvalue weighted by Gasteiger charge is -2.03. The van der Waals surface area contributed by atoms with E-state index in [1.54, 1.807) is 24.3 Å². The van der Waals surface area contributed by atoms with Gasteiger partial charge in [0.15, 0.2) is 0 Å². The van der Waals surface area contributed by atoms with Crippen LogP contribution in [0.3, 0.4) is 0 Å². The van der Waals surface area contributed by atoms with Gasteiger partial charge in [-0.1, -0.05) is 67.3 Å². The van der Waals surface area contributed by atoms with Gasteiger partial charge in [-0.3, -0.25) is 0 Å². The smallest absolute Gasteiger partial charge is 0.336 e. The number of carboxylic acid groups (broad SMARTS) is 1. The van der Waals surface area contributed by atoms with Gasteiger partial charge in [0, 0.05) is 0 Å². The average molecular weight is 250 g/mol. The molecule has 0 aromatic heterocycles. The maximum atomic E-state index is 11.3. The first-order valence-electron chi connectivity index (χ1n) is 5.93. The molecule has 0 heterocycles. The summed E-state index contributed by atoms with van der Waals surface area (Å²) in [5.41, 5.74) is 2.84. The lowest BCUT2D eigenvalue weighted by molar-refractivity contribution is -0.130. The largest absolute Gasteiger partial charge is 0.478 e. The molecule has 0 radical (unpaired) electrons. The Bertz CT molecular complexity index is 607. The molecule has 19 heavy (non-hydrogen) atoms. The first kappa shape index (κ1) is 12.8. The SMILES string of the molecule is C=Cc1ccc(C=C(C(=O)O)c2ccccc2)cc1. The summed E-state index contributed by atoms with van der Waals surface area (Å²) in [6.45, 7) is 3.69. The van der Waals surface area contributed by atoms with Gasteiger partial charge in [0.2, 0.25) is 0 Å². The highest BCUT2D eigenvalue weighted by atomic mass is 16.4. The molecule has 0 amide bonds. The molecule has 0 aliphatic carbocycles. The van der Waals surface area contributed by atoms with Crippen LogP contribution >= 0.6 is 0 Å². The lowest BCUT2D eigenvalue weighted by atomic mass is 10.0. The number of rotatable bonds is 4. The molecule has 2 aromatic carbocycles. The summed E-state index contributed by atoms with van der Waals surface area (Å²) in [7, 11) is 0. The van der Waals surface area contributed by atoms with Crippen molar-refractivity contribution in [3.05, 3.63) is 77.9 Å². The van der Waals surface area contributed by atoms with Crippen LogP contribution < -0.4 is 0 Å². The summed E-state index contributed by atoms with van der Waals surface area (Å²) in [5, 5.41) is 9.30. The van der Waals surface area contributed by atoms with Crippen LogP contribution in [0, 0.1) is 0 Å². The number of carboxylic acids is 1. The lowest BCUT2D eigenvalue weighted by Crippen LogP contribution is -1.99. The topological polar surface area (TPSA) is 37.3 Å². The van der Waals surface area contributed by atoms with Crippen LogP contribution in [0.4, 0.5) is 0 Å². The Morgan fingerprint density at radius 2 is 1.53 bits per heavy atom. The second-order valence-electron chi connectivity index (χ2n) is 4.10. The van der Waals surface area contributed by atoms with E-state index in [2.05, 4.69) is 6.58 Å². The van der Waals surface area contributed by atoms with Gasteiger partial charge in [0.05, 0.1) is 5.57 Å². The number of benzene rings is 2. The van der Waals surface area contributed by atoms with Crippen molar-refractivity contribution in [1.82, 2.24) is 0 Å². The standard InChI is InChI=1S/C17H14O2/c1-2-13-8-10-14(11-9-13)12-16(17(18)19)15-6-4-3-5-7-15/h2-12H,1H2,(H,18,19). The summed E-state index contributed by atoms with van der Waals surface area (Å²) in [4.78, 5) is 11.3. The summed E-state index contributed by atoms with van der Waals surface area (Å²) in [5.74, 6) is -0.931. The second-order valence-corrected chi connectivity index (χ2v) is 4.10. The van der Waals surface area contributed by atoms with Crippen LogP contribution in [-0.2, 0) is 4.79 Å². The Hall–Kier alpha value is -2.61. The number of hydrogen-bond acceptors (Lipinski definition) is 1. The Morgan fingerprint density at radius 1 is 0.947 bits per heavy atom. The minimum absolute atomic E-state index is 0.284. The fourth-order valence-electron chi connectivity index (χ4n) is 1.78. The number of hydrogen-bond donors (Lipinski definition) is 1. The second kappa shape index (κ2) is 5.83. The first-order valence-corrected chi connectivity index (χ1v) is 5.93. The molecular formula is C17H14O2. The van der Waals surface area contributed by atoms with E-state index < -0.39 is 5.97 Å². The van der Waals surface area contributed by atoms with E-state index in [1.807, 2.05) is 42.5 Å². The van der Waals surface area contributed by atoms with E-state index in [0.717, 1.165) is 11.1 Å². The summed E-state index contributed by atoms with van der Waals surface area (Å²) in [6.07, 6.45) is 3.42. The fourth-order valence-corrected chi connectivity index (χ4v) is 1.78. The van der Waals surface area contributed by atoms with Crippen molar-refractivity contribution < 1.29 is 9.90 Å². The van der Waals surface area contributed by atoms with Crippen LogP contribution in [-0.4, -0.2) is 11.1 Å². The van der Waals surface area contributed by atoms with E-state index in [1.165, 1.54) is 0 Å². The Kier molecular flexibility index (Phi) is 3.94. The first-order chi connectivity index (χ1) is 9.20. The normalized spacial score (nSPS) is 11.1. The highest BCUT2D eigenvalue weighted by Crippen LogP contribution is 2.19. The molecule has 0 aliphatic heterocycles. The summed E-state index contributed by atoms with van der Waals surface area (Å²) >= 11 is 0. The van der Waals surface area contributed by atoms with E-state index in [9.17, 15) is 9.90 Å². The molecule has 2 rings (SSSR count). The van der Waals surface area contributed by atoms with Gasteiger partial charge in [0.1, 0.15) is 0 Å². The molecule has 1 N–H and O–H groups in total. The van der Waals surface area contributed by atoms with Gasteiger partial charge in [-0.05, 0) is 22.8 Å². The molecule has 0 aliphatic rings. The predicted molar refractivity (Wildman–Crippen MR) is 78.5 cm³/mol. The van der Waals surface area contributed by atoms with Crippen molar-refractivity contribution in [1.29, 1.82) is 0 Å². The average Bonchev–Trinajstić information content (AvgIpc) is 2.46. The molecule has 0 saturated heterocycles. The van der Waals surface area contributed by atoms with Gasteiger partial charge in [-0.15, -0.1) is 0 Å². The molecule has 2 nitrogen and oxygen atoms in total. The van der Waals surface area contributed by atoms with E-state index in [-0.39, 0.29) is 5.57 Å². The minimum Gasteiger partial charge on any atom is -0.478 e. The van der Waals surface area contributed by atoms with Crippen molar-refractivity contribution in [3.63, 3.8) is 0 Å². The van der Waals surface area contributed by atoms with Crippen molar-refractivity contribution in [2.45, 2.75) is 0 Å². The molecule has 0 unspecified atom stereocenters. The monoisotopic (exact) mass is 250 g/mol. The highest BCUT2D eigenvalue weighted by Gasteiger charge is 2.09. The number of aliphatic carboxylic acids is 1. The third-order valence-corrected chi connectivity index (χ3v) is 2.80. The molecule has 0 saturated carbocycles. The summed E-state index contributed by atoms with van der Waals surface area (Å²) in [6, 6.07) is 16.7. The van der Waals surface area contributed by atoms with Gasteiger partial charge in [-0.25, -0.2) is 4.79 Å². The van der Waals surface area contributed by atoms with Gasteiger partial charge >= 0.3 is 5.97 Å². The van der Waals surface area contributed by atoms with Crippen LogP contribution in [0.5, 0.6) is 0 Å². The van der Waals surface area contributed by atoms with Crippen LogP contribution in [0.1, 0.15) is 16.7 Å². The van der Waals surface area contributed by atoms with Crippen LogP contribution in [0.15, 0.2) is 61.2 Å². The Morgan fingerprint density at radius 3 is 2.05 bits per heavy atom. The Labute approximate surface area is 112 Å². The van der Waals surface area contributed by atoms with Crippen molar-refractivity contribution in [2.24, 2.45) is 0 Å². The highest BCUT2D eigenvalue weighted by molar-refractivity contribution is 6.20. The molecular weight excluding hydrogens is 236 g/mol. The number of carbonyl (C=O) groups is 1. The zero-order chi connectivity index (χ0) is 13.7. The van der Waals surface area contributed by atoms with Crippen LogP contribution in [0.25, 0.3) is 17.7 Å². The maximum Gasteiger partial charge on any atom is 0.336 e. The van der Waals surface area contributed by atoms with Gasteiger partial charge in [-0.2, -0.15) is 0 Å². The fraction of sp³-hybridized carbons (Fsp3) is 0. The molecule has 0 atom stereocenters. The maximum absolute atomic E-state index is 11.3. The van der Waals surface area contributed by atoms with Gasteiger partial charge in [0.25, 0.3) is 0 Å². The molecule has 0 fully saturated rings. The molecule has 2 aromatic rings. The van der Waals surface area contributed by atoms with Gasteiger partial charge < -0.3 is 5.11 Å². The summed E-state index contributed by atoms with van der Waals surface area (Å²) < 4.78 is 0. The third kappa shape index (κ3) is 3.19. The Balaban J connectivity index is 2.41. The van der Waals surface area contributed by atoms with Crippen LogP contribution in [0.2, 0.25) is 0 Å². The third-order valence-electron chi connectivity index (χ3n) is 2.80. The van der Waals surface area contributed by atoms with E-state index in [0.29, 0.717) is 5.56 Å². The van der Waals surface area contributed by atoms with E-state index in [4.69, 9.17) is 0 Å². The van der Waals surface area contributed by atoms with Crippen molar-refractivity contribution >= 4 is 23.7 Å². The quantitative estimate of drug-likeness (QED) is 0.659. The molecule has 0 spiro atoms. The van der Waals surface area contributed by atoms with Crippen molar-refractivity contribution in [3.8, 4) is 0 Å². The minimum atomic E-state index is -0.931. The zero-order valence-electron chi connectivity index (χ0n) is 10.4. The zero-order valence-corrected chi connectivity index (χ0v) is 10.4. The molecule has 94 valence electrons.